The van der Waals surface area contributed by atoms with Crippen molar-refractivity contribution in [3.8, 4) is 17.6 Å². The third-order valence-corrected chi connectivity index (χ3v) is 3.24. The van der Waals surface area contributed by atoms with Crippen molar-refractivity contribution in [2.75, 3.05) is 33.4 Å². The monoisotopic (exact) mass is 290 g/mol. The second-order valence-corrected chi connectivity index (χ2v) is 4.79. The SMILES string of the molecule is COc1cc(C#N)ccc1OCC(=O)N1CCO[C@@H](C)C1. The van der Waals surface area contributed by atoms with Gasteiger partial charge in [0.25, 0.3) is 5.91 Å². The van der Waals surface area contributed by atoms with Gasteiger partial charge in [0, 0.05) is 19.2 Å². The molecule has 6 heteroatoms. The zero-order valence-electron chi connectivity index (χ0n) is 12.2. The number of amides is 1. The number of benzene rings is 1. The number of ether oxygens (including phenoxy) is 3. The maximum Gasteiger partial charge on any atom is 0.260 e. The highest BCUT2D eigenvalue weighted by Crippen LogP contribution is 2.27. The van der Waals surface area contributed by atoms with E-state index in [1.165, 1.54) is 7.11 Å². The molecule has 1 aliphatic heterocycles. The van der Waals surface area contributed by atoms with Gasteiger partial charge < -0.3 is 19.1 Å². The quantitative estimate of drug-likeness (QED) is 0.833. The average Bonchev–Trinajstić information content (AvgIpc) is 2.52. The Morgan fingerprint density at radius 3 is 3.00 bits per heavy atom. The van der Waals surface area contributed by atoms with Gasteiger partial charge in [0.2, 0.25) is 0 Å². The molecule has 0 unspecified atom stereocenters. The molecule has 1 saturated heterocycles. The summed E-state index contributed by atoms with van der Waals surface area (Å²) >= 11 is 0. The summed E-state index contributed by atoms with van der Waals surface area (Å²) < 4.78 is 16.1. The molecular weight excluding hydrogens is 272 g/mol. The van der Waals surface area contributed by atoms with E-state index in [1.807, 2.05) is 13.0 Å². The van der Waals surface area contributed by atoms with Crippen LogP contribution in [0.15, 0.2) is 18.2 Å². The maximum atomic E-state index is 12.1. The predicted octanol–water partition coefficient (Wildman–Crippen LogP) is 1.19. The summed E-state index contributed by atoms with van der Waals surface area (Å²) in [6, 6.07) is 6.86. The molecule has 0 saturated carbocycles. The van der Waals surface area contributed by atoms with Crippen molar-refractivity contribution in [3.63, 3.8) is 0 Å². The van der Waals surface area contributed by atoms with E-state index in [9.17, 15) is 4.79 Å². The summed E-state index contributed by atoms with van der Waals surface area (Å²) in [6.45, 7) is 3.58. The molecule has 1 heterocycles. The Morgan fingerprint density at radius 1 is 1.52 bits per heavy atom. The largest absolute Gasteiger partial charge is 0.493 e. The zero-order valence-corrected chi connectivity index (χ0v) is 12.2. The first-order valence-electron chi connectivity index (χ1n) is 6.74. The lowest BCUT2D eigenvalue weighted by atomic mass is 10.2. The third-order valence-electron chi connectivity index (χ3n) is 3.24. The van der Waals surface area contributed by atoms with Crippen LogP contribution in [0.5, 0.6) is 11.5 Å². The molecule has 0 aliphatic carbocycles. The van der Waals surface area contributed by atoms with E-state index >= 15 is 0 Å². The zero-order chi connectivity index (χ0) is 15.2. The molecule has 1 atom stereocenters. The van der Waals surface area contributed by atoms with Crippen LogP contribution < -0.4 is 9.47 Å². The fourth-order valence-corrected chi connectivity index (χ4v) is 2.13. The summed E-state index contributed by atoms with van der Waals surface area (Å²) in [5, 5.41) is 8.84. The van der Waals surface area contributed by atoms with Gasteiger partial charge in [0.1, 0.15) is 0 Å². The number of methoxy groups -OCH3 is 1. The first-order chi connectivity index (χ1) is 10.1. The summed E-state index contributed by atoms with van der Waals surface area (Å²) in [7, 11) is 1.49. The van der Waals surface area contributed by atoms with Crippen molar-refractivity contribution in [3.05, 3.63) is 23.8 Å². The number of nitriles is 1. The van der Waals surface area contributed by atoms with Gasteiger partial charge in [0.05, 0.1) is 31.5 Å². The molecule has 1 fully saturated rings. The topological polar surface area (TPSA) is 71.8 Å². The minimum Gasteiger partial charge on any atom is -0.493 e. The molecule has 0 aromatic heterocycles. The molecular formula is C15H18N2O4. The van der Waals surface area contributed by atoms with Crippen LogP contribution in [0.2, 0.25) is 0 Å². The van der Waals surface area contributed by atoms with Crippen LogP contribution in [0.3, 0.4) is 0 Å². The van der Waals surface area contributed by atoms with Crippen LogP contribution in [0.1, 0.15) is 12.5 Å². The Morgan fingerprint density at radius 2 is 2.33 bits per heavy atom. The average molecular weight is 290 g/mol. The highest BCUT2D eigenvalue weighted by atomic mass is 16.5. The smallest absolute Gasteiger partial charge is 0.260 e. The van der Waals surface area contributed by atoms with Crippen molar-refractivity contribution in [1.29, 1.82) is 5.26 Å². The molecule has 1 aromatic rings. The number of carbonyl (C=O) groups excluding carboxylic acids is 1. The van der Waals surface area contributed by atoms with Gasteiger partial charge in [0.15, 0.2) is 18.1 Å². The normalized spacial score (nSPS) is 18.0. The van der Waals surface area contributed by atoms with Gasteiger partial charge >= 0.3 is 0 Å². The molecule has 112 valence electrons. The molecule has 6 nitrogen and oxygen atoms in total. The minimum atomic E-state index is -0.0865. The summed E-state index contributed by atoms with van der Waals surface area (Å²) in [5.74, 6) is 0.805. The second kappa shape index (κ2) is 6.95. The van der Waals surface area contributed by atoms with Crippen molar-refractivity contribution < 1.29 is 19.0 Å². The molecule has 0 radical (unpaired) electrons. The Kier molecular flexibility index (Phi) is 5.01. The standard InChI is InChI=1S/C15H18N2O4/c1-11-9-17(5-6-20-11)15(18)10-21-13-4-3-12(8-16)7-14(13)19-2/h3-4,7,11H,5-6,9-10H2,1-2H3/t11-/m0/s1. The van der Waals surface area contributed by atoms with Crippen molar-refractivity contribution in [2.24, 2.45) is 0 Å². The van der Waals surface area contributed by atoms with E-state index in [4.69, 9.17) is 19.5 Å². The third kappa shape index (κ3) is 3.86. The van der Waals surface area contributed by atoms with E-state index in [0.29, 0.717) is 36.8 Å². The van der Waals surface area contributed by atoms with Crippen molar-refractivity contribution in [1.82, 2.24) is 4.90 Å². The van der Waals surface area contributed by atoms with Crippen LogP contribution in [-0.4, -0.2) is 50.3 Å². The Bertz CT molecular complexity index is 553. The van der Waals surface area contributed by atoms with Crippen molar-refractivity contribution in [2.45, 2.75) is 13.0 Å². The lowest BCUT2D eigenvalue weighted by molar-refractivity contribution is -0.140. The highest BCUT2D eigenvalue weighted by molar-refractivity contribution is 5.78. The molecule has 2 rings (SSSR count). The number of nitrogens with zero attached hydrogens (tertiary/aromatic N) is 2. The lowest BCUT2D eigenvalue weighted by Gasteiger charge is -2.31. The molecule has 1 amide bonds. The Labute approximate surface area is 123 Å². The minimum absolute atomic E-state index is 0.0483. The lowest BCUT2D eigenvalue weighted by Crippen LogP contribution is -2.46. The van der Waals surface area contributed by atoms with Crippen LogP contribution in [0.4, 0.5) is 0 Å². The molecule has 0 N–H and O–H groups in total. The number of rotatable bonds is 4. The first kappa shape index (κ1) is 15.1. The molecule has 1 aliphatic rings. The highest BCUT2D eigenvalue weighted by Gasteiger charge is 2.21. The molecule has 0 spiro atoms. The molecule has 1 aromatic carbocycles. The van der Waals surface area contributed by atoms with Crippen LogP contribution >= 0.6 is 0 Å². The van der Waals surface area contributed by atoms with Gasteiger partial charge in [-0.1, -0.05) is 0 Å². The van der Waals surface area contributed by atoms with Crippen LogP contribution in [0.25, 0.3) is 0 Å². The summed E-state index contributed by atoms with van der Waals surface area (Å²) in [6.07, 6.45) is 0.0483. The molecule has 21 heavy (non-hydrogen) atoms. The fraction of sp³-hybridized carbons (Fsp3) is 0.467. The van der Waals surface area contributed by atoms with Crippen LogP contribution in [-0.2, 0) is 9.53 Å². The number of hydrogen-bond donors (Lipinski definition) is 0. The van der Waals surface area contributed by atoms with E-state index in [2.05, 4.69) is 0 Å². The summed E-state index contributed by atoms with van der Waals surface area (Å²) in [5.41, 5.74) is 0.479. The van der Waals surface area contributed by atoms with Crippen molar-refractivity contribution >= 4 is 5.91 Å². The van der Waals surface area contributed by atoms with E-state index in [0.717, 1.165) is 0 Å². The summed E-state index contributed by atoms with van der Waals surface area (Å²) in [4.78, 5) is 13.8. The van der Waals surface area contributed by atoms with E-state index < -0.39 is 0 Å². The fourth-order valence-electron chi connectivity index (χ4n) is 2.13. The first-order valence-corrected chi connectivity index (χ1v) is 6.74. The Hall–Kier alpha value is -2.26. The second-order valence-electron chi connectivity index (χ2n) is 4.79. The van der Waals surface area contributed by atoms with E-state index in [-0.39, 0.29) is 18.6 Å². The number of hydrogen-bond acceptors (Lipinski definition) is 5. The Balaban J connectivity index is 1.96. The van der Waals surface area contributed by atoms with Gasteiger partial charge in [-0.25, -0.2) is 0 Å². The van der Waals surface area contributed by atoms with Gasteiger partial charge in [-0.15, -0.1) is 0 Å². The predicted molar refractivity (Wildman–Crippen MR) is 75.2 cm³/mol. The number of carbonyl (C=O) groups is 1. The van der Waals surface area contributed by atoms with Gasteiger partial charge in [-0.3, -0.25) is 4.79 Å². The van der Waals surface area contributed by atoms with Gasteiger partial charge in [-0.2, -0.15) is 5.26 Å². The number of morpholine rings is 1. The van der Waals surface area contributed by atoms with Crippen LogP contribution in [0, 0.1) is 11.3 Å². The maximum absolute atomic E-state index is 12.1. The van der Waals surface area contributed by atoms with Gasteiger partial charge in [-0.05, 0) is 19.1 Å². The van der Waals surface area contributed by atoms with E-state index in [1.54, 1.807) is 23.1 Å². The molecule has 0 bridgehead atoms.